The first-order valence-electron chi connectivity index (χ1n) is 13.5. The lowest BCUT2D eigenvalue weighted by molar-refractivity contribution is -0.0533. The van der Waals surface area contributed by atoms with Gasteiger partial charge in [-0.2, -0.15) is 0 Å². The van der Waals surface area contributed by atoms with Crippen molar-refractivity contribution in [1.29, 1.82) is 0 Å². The van der Waals surface area contributed by atoms with E-state index in [2.05, 4.69) is 32.3 Å². The van der Waals surface area contributed by atoms with Gasteiger partial charge < -0.3 is 24.6 Å². The van der Waals surface area contributed by atoms with Gasteiger partial charge in [0.2, 0.25) is 0 Å². The molecule has 2 aromatic rings. The summed E-state index contributed by atoms with van der Waals surface area (Å²) in [7, 11) is 1.74. The Hall–Kier alpha value is -2.26. The summed E-state index contributed by atoms with van der Waals surface area (Å²) in [5.74, 6) is 1.26. The molecule has 3 saturated heterocycles. The summed E-state index contributed by atoms with van der Waals surface area (Å²) >= 11 is 6.25. The molecule has 9 heteroatoms. The van der Waals surface area contributed by atoms with Gasteiger partial charge in [-0.25, -0.2) is 9.97 Å². The highest BCUT2D eigenvalue weighted by molar-refractivity contribution is 6.30. The molecule has 3 aliphatic heterocycles. The molecule has 1 aromatic carbocycles. The van der Waals surface area contributed by atoms with Crippen molar-refractivity contribution < 1.29 is 14.3 Å². The molecule has 0 saturated carbocycles. The van der Waals surface area contributed by atoms with Crippen molar-refractivity contribution >= 4 is 23.3 Å². The minimum Gasteiger partial charge on any atom is -0.379 e. The fraction of sp³-hybridized carbons (Fsp3) is 0.607. The summed E-state index contributed by atoms with van der Waals surface area (Å²) in [4.78, 5) is 26.8. The van der Waals surface area contributed by atoms with Crippen LogP contribution in [0.5, 0.6) is 0 Å². The Morgan fingerprint density at radius 3 is 2.78 bits per heavy atom. The van der Waals surface area contributed by atoms with Crippen LogP contribution in [0.25, 0.3) is 0 Å². The van der Waals surface area contributed by atoms with E-state index in [-0.39, 0.29) is 12.0 Å². The second-order valence-corrected chi connectivity index (χ2v) is 10.9. The molecule has 0 bridgehead atoms. The normalized spacial score (nSPS) is 25.3. The monoisotopic (exact) mass is 527 g/mol. The van der Waals surface area contributed by atoms with Crippen molar-refractivity contribution in [2.75, 3.05) is 51.4 Å². The smallest absolute Gasteiger partial charge is 0.272 e. The Balaban J connectivity index is 1.22. The third-order valence-corrected chi connectivity index (χ3v) is 8.37. The Kier molecular flexibility index (Phi) is 8.60. The Bertz CT molecular complexity index is 1080. The van der Waals surface area contributed by atoms with E-state index in [0.29, 0.717) is 30.3 Å². The predicted octanol–water partition coefficient (Wildman–Crippen LogP) is 3.82. The summed E-state index contributed by atoms with van der Waals surface area (Å²) < 4.78 is 11.1. The van der Waals surface area contributed by atoms with Gasteiger partial charge in [0.1, 0.15) is 17.8 Å². The Morgan fingerprint density at radius 2 is 2.00 bits per heavy atom. The summed E-state index contributed by atoms with van der Waals surface area (Å²) in [5, 5.41) is 4.53. The third-order valence-electron chi connectivity index (χ3n) is 8.14. The number of halogens is 1. The number of rotatable bonds is 6. The van der Waals surface area contributed by atoms with Crippen molar-refractivity contribution in [2.24, 2.45) is 0 Å². The molecule has 1 aromatic heterocycles. The first kappa shape index (κ1) is 26.4. The lowest BCUT2D eigenvalue weighted by Crippen LogP contribution is -2.54. The van der Waals surface area contributed by atoms with Crippen LogP contribution in [0.4, 0.5) is 5.82 Å². The number of hydrogen-bond acceptors (Lipinski definition) is 7. The number of carbonyl (C=O) groups excluding carboxylic acids is 1. The molecular weight excluding hydrogens is 490 g/mol. The molecule has 4 heterocycles. The van der Waals surface area contributed by atoms with E-state index in [1.165, 1.54) is 5.56 Å². The van der Waals surface area contributed by atoms with Crippen molar-refractivity contribution in [3.63, 3.8) is 0 Å². The van der Waals surface area contributed by atoms with Crippen molar-refractivity contribution in [2.45, 2.75) is 63.1 Å². The number of methoxy groups -OCH3 is 1. The van der Waals surface area contributed by atoms with Crippen LogP contribution < -0.4 is 10.2 Å². The van der Waals surface area contributed by atoms with Gasteiger partial charge in [-0.05, 0) is 56.7 Å². The highest BCUT2D eigenvalue weighted by atomic mass is 35.5. The van der Waals surface area contributed by atoms with Crippen LogP contribution in [0, 0.1) is 6.92 Å². The molecule has 3 unspecified atom stereocenters. The number of aromatic nitrogens is 2. The minimum absolute atomic E-state index is 0.00355. The van der Waals surface area contributed by atoms with E-state index in [0.717, 1.165) is 81.3 Å². The van der Waals surface area contributed by atoms with Gasteiger partial charge in [-0.1, -0.05) is 23.7 Å². The number of hydrogen-bond donors (Lipinski definition) is 1. The van der Waals surface area contributed by atoms with E-state index in [1.54, 1.807) is 13.4 Å². The Morgan fingerprint density at radius 1 is 1.16 bits per heavy atom. The number of nitrogens with zero attached hydrogens (tertiary/aromatic N) is 4. The van der Waals surface area contributed by atoms with Crippen molar-refractivity contribution in [3.8, 4) is 0 Å². The Labute approximate surface area is 224 Å². The second-order valence-electron chi connectivity index (χ2n) is 10.5. The molecular formula is C28H38ClN5O3. The zero-order chi connectivity index (χ0) is 25.8. The number of carbonyl (C=O) groups is 1. The van der Waals surface area contributed by atoms with Gasteiger partial charge in [0.25, 0.3) is 5.91 Å². The molecule has 8 nitrogen and oxygen atoms in total. The molecule has 37 heavy (non-hydrogen) atoms. The molecule has 3 fully saturated rings. The molecule has 0 spiro atoms. The van der Waals surface area contributed by atoms with E-state index in [1.807, 2.05) is 24.0 Å². The minimum atomic E-state index is 0.00355. The molecule has 1 N–H and O–H groups in total. The van der Waals surface area contributed by atoms with Gasteiger partial charge in [0.05, 0.1) is 12.7 Å². The predicted molar refractivity (Wildman–Crippen MR) is 144 cm³/mol. The maximum Gasteiger partial charge on any atom is 0.272 e. The number of amides is 1. The van der Waals surface area contributed by atoms with Crippen LogP contribution in [-0.4, -0.2) is 85.5 Å². The van der Waals surface area contributed by atoms with Crippen LogP contribution in [-0.2, 0) is 9.47 Å². The standard InChI is InChI=1S/C28H38ClN5O3/c1-19-26(28(35)33-12-8-23(9-13-33)32-24-10-14-37-17-25(24)36-2)30-18-31-27(19)34-11-4-6-21(16-34)20-5-3-7-22(29)15-20/h3,5,7,15,18,21,23-25,32H,4,6,8-14,16-17H2,1-2H3. The first-order chi connectivity index (χ1) is 18.0. The second kappa shape index (κ2) is 12.1. The van der Waals surface area contributed by atoms with Crippen molar-refractivity contribution in [1.82, 2.24) is 20.2 Å². The van der Waals surface area contributed by atoms with E-state index in [4.69, 9.17) is 21.1 Å². The first-order valence-corrected chi connectivity index (χ1v) is 13.9. The SMILES string of the molecule is COC1COCCC1NC1CCN(C(=O)c2ncnc(N3CCCC(c4cccc(Cl)c4)C3)c2C)CC1. The molecule has 0 aliphatic carbocycles. The highest BCUT2D eigenvalue weighted by Gasteiger charge is 2.32. The van der Waals surface area contributed by atoms with Crippen molar-refractivity contribution in [3.05, 3.63) is 52.4 Å². The average Bonchev–Trinajstić information content (AvgIpc) is 2.93. The quantitative estimate of drug-likeness (QED) is 0.611. The van der Waals surface area contributed by atoms with Crippen LogP contribution in [0.3, 0.4) is 0 Å². The highest BCUT2D eigenvalue weighted by Crippen LogP contribution is 2.32. The van der Waals surface area contributed by atoms with Crippen LogP contribution in [0.1, 0.15) is 59.6 Å². The van der Waals surface area contributed by atoms with Crippen LogP contribution >= 0.6 is 11.6 Å². The summed E-state index contributed by atoms with van der Waals surface area (Å²) in [6, 6.07) is 8.83. The van der Waals surface area contributed by atoms with E-state index >= 15 is 0 Å². The maximum absolute atomic E-state index is 13.5. The summed E-state index contributed by atoms with van der Waals surface area (Å²) in [6.07, 6.45) is 6.62. The third kappa shape index (κ3) is 6.08. The van der Waals surface area contributed by atoms with Crippen LogP contribution in [0.2, 0.25) is 5.02 Å². The zero-order valence-corrected chi connectivity index (χ0v) is 22.6. The summed E-state index contributed by atoms with van der Waals surface area (Å²) in [6.45, 7) is 6.61. The number of benzene rings is 1. The molecule has 3 atom stereocenters. The van der Waals surface area contributed by atoms with Crippen LogP contribution in [0.15, 0.2) is 30.6 Å². The van der Waals surface area contributed by atoms with Gasteiger partial charge in [0.15, 0.2) is 0 Å². The number of anilines is 1. The zero-order valence-electron chi connectivity index (χ0n) is 21.9. The largest absolute Gasteiger partial charge is 0.379 e. The fourth-order valence-electron chi connectivity index (χ4n) is 6.01. The number of likely N-dealkylation sites (tertiary alicyclic amines) is 1. The van der Waals surface area contributed by atoms with Gasteiger partial charge in [-0.15, -0.1) is 0 Å². The van der Waals surface area contributed by atoms with E-state index in [9.17, 15) is 4.79 Å². The molecule has 200 valence electrons. The average molecular weight is 528 g/mol. The lowest BCUT2D eigenvalue weighted by atomic mass is 9.90. The van der Waals surface area contributed by atoms with Gasteiger partial charge in [0, 0.05) is 68.5 Å². The molecule has 5 rings (SSSR count). The molecule has 0 radical (unpaired) electrons. The number of ether oxygens (including phenoxy) is 2. The summed E-state index contributed by atoms with van der Waals surface area (Å²) in [5.41, 5.74) is 2.64. The fourth-order valence-corrected chi connectivity index (χ4v) is 6.21. The van der Waals surface area contributed by atoms with E-state index < -0.39 is 0 Å². The number of nitrogens with one attached hydrogen (secondary N) is 1. The van der Waals surface area contributed by atoms with Gasteiger partial charge in [-0.3, -0.25) is 4.79 Å². The number of piperidine rings is 2. The topological polar surface area (TPSA) is 79.8 Å². The van der Waals surface area contributed by atoms with Gasteiger partial charge >= 0.3 is 0 Å². The maximum atomic E-state index is 13.5. The molecule has 1 amide bonds. The lowest BCUT2D eigenvalue weighted by Gasteiger charge is -2.38. The molecule has 3 aliphatic rings.